The number of methoxy groups -OCH3 is 1. The number of aliphatic hydroxyl groups is 1. The topological polar surface area (TPSA) is 41.5 Å². The highest BCUT2D eigenvalue weighted by Crippen LogP contribution is 2.44. The van der Waals surface area contributed by atoms with Crippen LogP contribution >= 0.6 is 0 Å². The lowest BCUT2D eigenvalue weighted by atomic mass is 9.95. The van der Waals surface area contributed by atoms with Crippen LogP contribution in [0.15, 0.2) is 24.3 Å². The van der Waals surface area contributed by atoms with Crippen molar-refractivity contribution in [1.82, 2.24) is 5.32 Å². The second kappa shape index (κ2) is 5.51. The molecule has 2 N–H and O–H groups in total. The minimum Gasteiger partial charge on any atom is -0.497 e. The summed E-state index contributed by atoms with van der Waals surface area (Å²) < 4.78 is 5.13. The zero-order valence-corrected chi connectivity index (χ0v) is 11.5. The van der Waals surface area contributed by atoms with Gasteiger partial charge in [-0.1, -0.05) is 18.6 Å². The molecule has 2 fully saturated rings. The lowest BCUT2D eigenvalue weighted by Crippen LogP contribution is -2.36. The van der Waals surface area contributed by atoms with Crippen molar-refractivity contribution >= 4 is 0 Å². The van der Waals surface area contributed by atoms with Gasteiger partial charge in [-0.05, 0) is 48.8 Å². The van der Waals surface area contributed by atoms with Crippen LogP contribution in [0, 0.1) is 11.8 Å². The number of benzene rings is 1. The van der Waals surface area contributed by atoms with Gasteiger partial charge in [-0.2, -0.15) is 0 Å². The Morgan fingerprint density at radius 1 is 1.26 bits per heavy atom. The molecule has 0 heterocycles. The Labute approximate surface area is 115 Å². The van der Waals surface area contributed by atoms with Gasteiger partial charge in [-0.3, -0.25) is 0 Å². The van der Waals surface area contributed by atoms with Crippen LogP contribution in [0.1, 0.15) is 37.4 Å². The highest BCUT2D eigenvalue weighted by molar-refractivity contribution is 5.28. The molecule has 0 aromatic heterocycles. The first-order valence-electron chi connectivity index (χ1n) is 7.31. The van der Waals surface area contributed by atoms with Crippen LogP contribution in [0.3, 0.4) is 0 Å². The molecule has 2 saturated carbocycles. The Bertz CT molecular complexity index is 417. The average molecular weight is 261 g/mol. The number of fused-ring (bicyclic) bond motifs is 2. The van der Waals surface area contributed by atoms with Crippen LogP contribution in [0.25, 0.3) is 0 Å². The first-order chi connectivity index (χ1) is 9.26. The molecule has 3 nitrogen and oxygen atoms in total. The third-order valence-electron chi connectivity index (χ3n) is 4.81. The van der Waals surface area contributed by atoms with Crippen molar-refractivity contribution in [2.45, 2.75) is 37.8 Å². The molecule has 0 amide bonds. The molecule has 2 bridgehead atoms. The van der Waals surface area contributed by atoms with E-state index in [0.717, 1.165) is 23.1 Å². The van der Waals surface area contributed by atoms with Gasteiger partial charge in [0.25, 0.3) is 0 Å². The molecule has 0 aliphatic heterocycles. The Morgan fingerprint density at radius 3 is 2.63 bits per heavy atom. The van der Waals surface area contributed by atoms with Crippen molar-refractivity contribution < 1.29 is 9.84 Å². The second-order valence-corrected chi connectivity index (χ2v) is 5.98. The summed E-state index contributed by atoms with van der Waals surface area (Å²) in [5, 5.41) is 13.8. The van der Waals surface area contributed by atoms with Gasteiger partial charge in [0.1, 0.15) is 5.75 Å². The summed E-state index contributed by atoms with van der Waals surface area (Å²) in [6.45, 7) is 0.653. The van der Waals surface area contributed by atoms with Crippen molar-refractivity contribution in [2.24, 2.45) is 11.8 Å². The fourth-order valence-electron chi connectivity index (χ4n) is 3.70. The van der Waals surface area contributed by atoms with Crippen LogP contribution in [0.2, 0.25) is 0 Å². The first-order valence-corrected chi connectivity index (χ1v) is 7.31. The summed E-state index contributed by atoms with van der Waals surface area (Å²) in [7, 11) is 1.65. The number of nitrogens with one attached hydrogen (secondary N) is 1. The molecule has 4 atom stereocenters. The molecule has 2 aliphatic rings. The van der Waals surface area contributed by atoms with Crippen molar-refractivity contribution in [3.63, 3.8) is 0 Å². The fourth-order valence-corrected chi connectivity index (χ4v) is 3.70. The van der Waals surface area contributed by atoms with Crippen LogP contribution in [0.5, 0.6) is 5.75 Å². The predicted octanol–water partition coefficient (Wildman–Crippen LogP) is 2.51. The molecule has 3 rings (SSSR count). The number of ether oxygens (including phenoxy) is 1. The minimum atomic E-state index is -0.426. The van der Waals surface area contributed by atoms with Crippen LogP contribution in [-0.2, 0) is 0 Å². The molecule has 0 radical (unpaired) electrons. The van der Waals surface area contributed by atoms with Crippen molar-refractivity contribution in [3.8, 4) is 5.75 Å². The lowest BCUT2D eigenvalue weighted by molar-refractivity contribution is 0.163. The standard InChI is InChI=1S/C16H23NO2/c1-19-14-6-4-12(5-7-14)16(18)10-17-15-9-11-2-3-13(15)8-11/h4-7,11,13,15-18H,2-3,8-10H2,1H3/t11-,13-,15+,16-/m0/s1. The monoisotopic (exact) mass is 261 g/mol. The van der Waals surface area contributed by atoms with Gasteiger partial charge in [-0.25, -0.2) is 0 Å². The summed E-state index contributed by atoms with van der Waals surface area (Å²) in [6, 6.07) is 8.30. The van der Waals surface area contributed by atoms with Crippen molar-refractivity contribution in [2.75, 3.05) is 13.7 Å². The van der Waals surface area contributed by atoms with Crippen molar-refractivity contribution in [3.05, 3.63) is 29.8 Å². The van der Waals surface area contributed by atoms with E-state index in [-0.39, 0.29) is 0 Å². The van der Waals surface area contributed by atoms with Gasteiger partial charge < -0.3 is 15.2 Å². The maximum Gasteiger partial charge on any atom is 0.118 e. The molecule has 1 aromatic carbocycles. The molecule has 0 spiro atoms. The van der Waals surface area contributed by atoms with Crippen LogP contribution < -0.4 is 10.1 Å². The van der Waals surface area contributed by atoms with E-state index >= 15 is 0 Å². The lowest BCUT2D eigenvalue weighted by Gasteiger charge is -2.24. The minimum absolute atomic E-state index is 0.426. The zero-order valence-electron chi connectivity index (χ0n) is 11.5. The molecule has 3 heteroatoms. The van der Waals surface area contributed by atoms with E-state index in [1.54, 1.807) is 7.11 Å². The van der Waals surface area contributed by atoms with E-state index in [0.29, 0.717) is 12.6 Å². The quantitative estimate of drug-likeness (QED) is 0.855. The Hall–Kier alpha value is -1.06. The summed E-state index contributed by atoms with van der Waals surface area (Å²) in [6.07, 6.45) is 5.08. The number of rotatable bonds is 5. The Morgan fingerprint density at radius 2 is 2.05 bits per heavy atom. The Balaban J connectivity index is 1.51. The third-order valence-corrected chi connectivity index (χ3v) is 4.81. The summed E-state index contributed by atoms with van der Waals surface area (Å²) >= 11 is 0. The number of aliphatic hydroxyl groups excluding tert-OH is 1. The van der Waals surface area contributed by atoms with E-state index in [1.807, 2.05) is 24.3 Å². The smallest absolute Gasteiger partial charge is 0.118 e. The summed E-state index contributed by atoms with van der Waals surface area (Å²) in [4.78, 5) is 0. The molecular weight excluding hydrogens is 238 g/mol. The molecular formula is C16H23NO2. The van der Waals surface area contributed by atoms with Crippen LogP contribution in [-0.4, -0.2) is 24.8 Å². The van der Waals surface area contributed by atoms with Gasteiger partial charge in [0.05, 0.1) is 13.2 Å². The van der Waals surface area contributed by atoms with Crippen LogP contribution in [0.4, 0.5) is 0 Å². The third kappa shape index (κ3) is 2.77. The molecule has 1 aromatic rings. The number of hydrogen-bond donors (Lipinski definition) is 2. The molecule has 19 heavy (non-hydrogen) atoms. The van der Waals surface area contributed by atoms with Gasteiger partial charge in [0.2, 0.25) is 0 Å². The van der Waals surface area contributed by atoms with E-state index in [4.69, 9.17) is 4.74 Å². The molecule has 104 valence electrons. The van der Waals surface area contributed by atoms with Gasteiger partial charge >= 0.3 is 0 Å². The fraction of sp³-hybridized carbons (Fsp3) is 0.625. The van der Waals surface area contributed by atoms with Gasteiger partial charge in [-0.15, -0.1) is 0 Å². The molecule has 0 saturated heterocycles. The van der Waals surface area contributed by atoms with Gasteiger partial charge in [0.15, 0.2) is 0 Å². The summed E-state index contributed by atoms with van der Waals surface area (Å²) in [5.41, 5.74) is 0.955. The first kappa shape index (κ1) is 12.9. The Kier molecular flexibility index (Phi) is 3.76. The highest BCUT2D eigenvalue weighted by Gasteiger charge is 2.39. The maximum atomic E-state index is 10.2. The van der Waals surface area contributed by atoms with E-state index in [2.05, 4.69) is 5.32 Å². The summed E-state index contributed by atoms with van der Waals surface area (Å²) in [5.74, 6) is 2.63. The SMILES string of the molecule is COc1ccc([C@@H](O)CN[C@@H]2C[C@H]3CC[C@H]2C3)cc1. The zero-order chi connectivity index (χ0) is 13.2. The maximum absolute atomic E-state index is 10.2. The molecule has 2 aliphatic carbocycles. The van der Waals surface area contributed by atoms with Gasteiger partial charge in [0, 0.05) is 12.6 Å². The normalized spacial score (nSPS) is 30.5. The highest BCUT2D eigenvalue weighted by atomic mass is 16.5. The average Bonchev–Trinajstić information content (AvgIpc) is 3.07. The van der Waals surface area contributed by atoms with Crippen molar-refractivity contribution in [1.29, 1.82) is 0 Å². The van der Waals surface area contributed by atoms with E-state index < -0.39 is 6.10 Å². The predicted molar refractivity (Wildman–Crippen MR) is 75.2 cm³/mol. The van der Waals surface area contributed by atoms with E-state index in [1.165, 1.54) is 25.7 Å². The second-order valence-electron chi connectivity index (χ2n) is 5.98. The molecule has 0 unspecified atom stereocenters. The largest absolute Gasteiger partial charge is 0.497 e. The number of hydrogen-bond acceptors (Lipinski definition) is 3. The van der Waals surface area contributed by atoms with E-state index in [9.17, 15) is 5.11 Å².